The van der Waals surface area contributed by atoms with E-state index < -0.39 is 23.0 Å². The molecule has 0 bridgehead atoms. The molecule has 0 radical (unpaired) electrons. The van der Waals surface area contributed by atoms with Crippen LogP contribution in [-0.2, 0) is 33.1 Å². The van der Waals surface area contributed by atoms with Gasteiger partial charge >= 0.3 is 0 Å². The quantitative estimate of drug-likeness (QED) is 0.178. The number of carbonyl (C=O) groups is 3. The van der Waals surface area contributed by atoms with Crippen molar-refractivity contribution in [2.75, 3.05) is 47.6 Å². The fourth-order valence-electron chi connectivity index (χ4n) is 8.05. The van der Waals surface area contributed by atoms with Gasteiger partial charge in [0.15, 0.2) is 5.60 Å². The van der Waals surface area contributed by atoms with Crippen LogP contribution in [0.5, 0.6) is 0 Å². The third-order valence-electron chi connectivity index (χ3n) is 11.0. The molecule has 0 saturated carbocycles. The van der Waals surface area contributed by atoms with Crippen molar-refractivity contribution in [3.63, 3.8) is 0 Å². The number of carbonyl (C=O) groups excluding carboxylic acids is 3. The predicted octanol–water partition coefficient (Wildman–Crippen LogP) is 4.96. The highest BCUT2D eigenvalue weighted by Crippen LogP contribution is 2.46. The molecule has 0 aromatic heterocycles. The van der Waals surface area contributed by atoms with Gasteiger partial charge in [-0.05, 0) is 67.4 Å². The van der Waals surface area contributed by atoms with E-state index in [1.165, 1.54) is 0 Å². The number of anilines is 3. The molecule has 10 nitrogen and oxygen atoms in total. The Bertz CT molecular complexity index is 1950. The molecule has 274 valence electrons. The minimum absolute atomic E-state index is 0.0692. The van der Waals surface area contributed by atoms with Crippen molar-refractivity contribution in [3.8, 4) is 0 Å². The van der Waals surface area contributed by atoms with Crippen molar-refractivity contribution in [3.05, 3.63) is 138 Å². The van der Waals surface area contributed by atoms with E-state index in [0.29, 0.717) is 24.5 Å². The van der Waals surface area contributed by atoms with E-state index >= 15 is 0 Å². The van der Waals surface area contributed by atoms with E-state index in [1.54, 1.807) is 34.9 Å². The van der Waals surface area contributed by atoms with Crippen molar-refractivity contribution in [1.29, 1.82) is 0 Å². The van der Waals surface area contributed by atoms with Crippen LogP contribution in [0.25, 0.3) is 0 Å². The molecule has 2 atom stereocenters. The summed E-state index contributed by atoms with van der Waals surface area (Å²) < 4.78 is 0. The van der Waals surface area contributed by atoms with Crippen molar-refractivity contribution in [2.45, 2.75) is 50.4 Å². The number of rotatable bonds is 12. The van der Waals surface area contributed by atoms with E-state index in [1.807, 2.05) is 95.9 Å². The highest BCUT2D eigenvalue weighted by atomic mass is 16.3. The second-order valence-corrected chi connectivity index (χ2v) is 14.2. The molecular formula is C43H47N5O5. The highest BCUT2D eigenvalue weighted by molar-refractivity contribution is 6.07. The number of fused-ring (bicyclic) bond motifs is 1. The average Bonchev–Trinajstić information content (AvgIpc) is 3.59. The summed E-state index contributed by atoms with van der Waals surface area (Å²) in [5.41, 5.74) is 2.40. The lowest BCUT2D eigenvalue weighted by Crippen LogP contribution is -2.55. The normalized spacial score (nSPS) is 20.0. The molecule has 2 fully saturated rings. The minimum Gasteiger partial charge on any atom is -0.395 e. The molecule has 3 amide bonds. The number of nitrogens with one attached hydrogen (secondary N) is 1. The van der Waals surface area contributed by atoms with E-state index in [-0.39, 0.29) is 37.9 Å². The third-order valence-corrected chi connectivity index (χ3v) is 11.0. The maximum absolute atomic E-state index is 14.2. The SMILES string of the molecule is C[C@@H](/C=C/CC(=O)N(CCO)Cc1ccccc1)[C@]1(O)C(=O)N(Cc2ccc(N3CN(c4ccccc4)C4(CCNCC4)C3=O)cc2)c2ccccc21. The Labute approximate surface area is 310 Å². The Kier molecular flexibility index (Phi) is 10.5. The largest absolute Gasteiger partial charge is 0.395 e. The first-order chi connectivity index (χ1) is 25.8. The van der Waals surface area contributed by atoms with Gasteiger partial charge in [0.25, 0.3) is 11.8 Å². The Hall–Kier alpha value is -5.29. The Morgan fingerprint density at radius 3 is 2.21 bits per heavy atom. The topological polar surface area (TPSA) is 117 Å². The van der Waals surface area contributed by atoms with Gasteiger partial charge in [0.1, 0.15) is 5.54 Å². The maximum atomic E-state index is 14.2. The highest BCUT2D eigenvalue weighted by Gasteiger charge is 2.54. The fraction of sp³-hybridized carbons (Fsp3) is 0.326. The summed E-state index contributed by atoms with van der Waals surface area (Å²) >= 11 is 0. The molecule has 2 saturated heterocycles. The van der Waals surface area contributed by atoms with Crippen molar-refractivity contribution >= 4 is 34.8 Å². The third kappa shape index (κ3) is 6.85. The fourth-order valence-corrected chi connectivity index (χ4v) is 8.05. The summed E-state index contributed by atoms with van der Waals surface area (Å²) in [6, 6.07) is 34.8. The van der Waals surface area contributed by atoms with Crippen LogP contribution in [-0.4, -0.2) is 71.3 Å². The Morgan fingerprint density at radius 2 is 1.51 bits per heavy atom. The van der Waals surface area contributed by atoms with Crippen LogP contribution in [0.4, 0.5) is 17.1 Å². The van der Waals surface area contributed by atoms with Crippen LogP contribution in [0.1, 0.15) is 42.9 Å². The lowest BCUT2D eigenvalue weighted by Gasteiger charge is -2.39. The molecule has 53 heavy (non-hydrogen) atoms. The zero-order chi connectivity index (χ0) is 37.0. The second-order valence-electron chi connectivity index (χ2n) is 14.2. The van der Waals surface area contributed by atoms with Gasteiger partial charge in [0.05, 0.1) is 25.5 Å². The minimum atomic E-state index is -1.82. The molecule has 3 heterocycles. The van der Waals surface area contributed by atoms with Gasteiger partial charge in [-0.15, -0.1) is 0 Å². The summed E-state index contributed by atoms with van der Waals surface area (Å²) in [6.45, 7) is 4.48. The van der Waals surface area contributed by atoms with E-state index in [2.05, 4.69) is 22.3 Å². The van der Waals surface area contributed by atoms with Crippen molar-refractivity contribution in [1.82, 2.24) is 10.2 Å². The summed E-state index contributed by atoms with van der Waals surface area (Å²) in [4.78, 5) is 48.7. The summed E-state index contributed by atoms with van der Waals surface area (Å²) in [6.07, 6.45) is 4.96. The number of aliphatic hydroxyl groups is 2. The molecule has 0 aliphatic carbocycles. The maximum Gasteiger partial charge on any atom is 0.264 e. The number of para-hydroxylation sites is 2. The first-order valence-corrected chi connectivity index (χ1v) is 18.4. The summed E-state index contributed by atoms with van der Waals surface area (Å²) in [5.74, 6) is -1.12. The van der Waals surface area contributed by atoms with Gasteiger partial charge in [-0.25, -0.2) is 0 Å². The van der Waals surface area contributed by atoms with Crippen LogP contribution in [0, 0.1) is 5.92 Å². The molecule has 4 aromatic carbocycles. The number of benzene rings is 4. The van der Waals surface area contributed by atoms with Crippen LogP contribution >= 0.6 is 0 Å². The van der Waals surface area contributed by atoms with E-state index in [0.717, 1.165) is 48.4 Å². The molecule has 0 unspecified atom stereocenters. The molecule has 3 N–H and O–H groups in total. The number of amides is 3. The Morgan fingerprint density at radius 1 is 0.849 bits per heavy atom. The number of nitrogens with zero attached hydrogens (tertiary/aromatic N) is 4. The Balaban J connectivity index is 1.05. The molecule has 3 aliphatic heterocycles. The van der Waals surface area contributed by atoms with Crippen LogP contribution in [0.15, 0.2) is 121 Å². The van der Waals surface area contributed by atoms with Crippen LogP contribution in [0.2, 0.25) is 0 Å². The van der Waals surface area contributed by atoms with Gasteiger partial charge < -0.3 is 30.2 Å². The molecule has 7 rings (SSSR count). The average molecular weight is 714 g/mol. The lowest BCUT2D eigenvalue weighted by atomic mass is 9.83. The molecule has 3 aliphatic rings. The van der Waals surface area contributed by atoms with E-state index in [4.69, 9.17) is 0 Å². The van der Waals surface area contributed by atoms with Gasteiger partial charge in [-0.3, -0.25) is 19.3 Å². The molecule has 4 aromatic rings. The summed E-state index contributed by atoms with van der Waals surface area (Å²) in [5, 5.41) is 25.1. The first-order valence-electron chi connectivity index (χ1n) is 18.4. The molecule has 1 spiro atoms. The van der Waals surface area contributed by atoms with Gasteiger partial charge in [0, 0.05) is 42.4 Å². The van der Waals surface area contributed by atoms with Crippen LogP contribution < -0.4 is 20.0 Å². The first kappa shape index (κ1) is 36.1. The number of hydrogen-bond acceptors (Lipinski definition) is 7. The predicted molar refractivity (Wildman–Crippen MR) is 206 cm³/mol. The zero-order valence-corrected chi connectivity index (χ0v) is 30.1. The zero-order valence-electron chi connectivity index (χ0n) is 30.1. The number of hydrogen-bond donors (Lipinski definition) is 3. The van der Waals surface area contributed by atoms with Gasteiger partial charge in [-0.1, -0.05) is 97.9 Å². The smallest absolute Gasteiger partial charge is 0.264 e. The van der Waals surface area contributed by atoms with Crippen molar-refractivity contribution in [2.24, 2.45) is 5.92 Å². The molecular weight excluding hydrogens is 667 g/mol. The monoisotopic (exact) mass is 713 g/mol. The van der Waals surface area contributed by atoms with E-state index in [9.17, 15) is 24.6 Å². The summed E-state index contributed by atoms with van der Waals surface area (Å²) in [7, 11) is 0. The van der Waals surface area contributed by atoms with Crippen LogP contribution in [0.3, 0.4) is 0 Å². The van der Waals surface area contributed by atoms with Gasteiger partial charge in [0.2, 0.25) is 5.91 Å². The molecule has 10 heteroatoms. The van der Waals surface area contributed by atoms with Gasteiger partial charge in [-0.2, -0.15) is 0 Å². The lowest BCUT2D eigenvalue weighted by molar-refractivity contribution is -0.139. The standard InChI is InChI=1S/C43H47N5O5/c1-32(11-10-18-39(50)45(27-28-49)29-33-12-4-2-5-13-33)43(53)37-16-8-9-17-38(37)46(41(43)52)30-34-19-21-35(22-20-34)47-31-48(36-14-6-3-7-15-36)42(40(47)51)23-25-44-26-24-42/h2-17,19-22,32,44,49,53H,18,23-31H2,1H3/b11-10+/t32-,43+/m0/s1. The number of piperidine rings is 1. The number of aliphatic hydroxyl groups excluding tert-OH is 1. The second kappa shape index (κ2) is 15.4. The van der Waals surface area contributed by atoms with Crippen molar-refractivity contribution < 1.29 is 24.6 Å².